The Bertz CT molecular complexity index is 2130. The van der Waals surface area contributed by atoms with Crippen LogP contribution in [0.1, 0.15) is 34.6 Å². The average molecular weight is 719 g/mol. The summed E-state index contributed by atoms with van der Waals surface area (Å²) in [6.07, 6.45) is -1.68. The van der Waals surface area contributed by atoms with Crippen LogP contribution in [0.2, 0.25) is 0 Å². The SMILES string of the molecule is O=C1/C=C/c2ccc(O)c(O)c2-c2cc(cc(O)c2O)C2c3cc(O)c(O)cc3C=C(C(=O)O[C@@H]3C=C(C(=O)O)C[C@H](C(O)CO)[C@H]3O1)C2C(=O)O. The highest BCUT2D eigenvalue weighted by atomic mass is 16.6. The number of carbonyl (C=O) groups excluding carboxylic acids is 2. The zero-order valence-corrected chi connectivity index (χ0v) is 26.6. The third-order valence-corrected chi connectivity index (χ3v) is 9.34. The van der Waals surface area contributed by atoms with Crippen molar-refractivity contribution in [3.63, 3.8) is 0 Å². The van der Waals surface area contributed by atoms with E-state index in [2.05, 4.69) is 0 Å². The molecular formula is C36H30O16. The molecular weight excluding hydrogens is 688 g/mol. The Kier molecular flexibility index (Phi) is 9.04. The van der Waals surface area contributed by atoms with Gasteiger partial charge in [-0.2, -0.15) is 0 Å². The Hall–Kier alpha value is -6.52. The van der Waals surface area contributed by atoms with Gasteiger partial charge in [0.15, 0.2) is 40.6 Å². The summed E-state index contributed by atoms with van der Waals surface area (Å²) in [4.78, 5) is 52.6. The molecule has 10 N–H and O–H groups in total. The predicted molar refractivity (Wildman–Crippen MR) is 175 cm³/mol. The molecule has 0 saturated heterocycles. The van der Waals surface area contributed by atoms with Crippen molar-refractivity contribution in [2.75, 3.05) is 6.61 Å². The minimum absolute atomic E-state index is 0.00854. The first-order chi connectivity index (χ1) is 24.6. The molecule has 6 rings (SSSR count). The van der Waals surface area contributed by atoms with E-state index in [1.54, 1.807) is 0 Å². The van der Waals surface area contributed by atoms with Gasteiger partial charge in [-0.15, -0.1) is 0 Å². The van der Waals surface area contributed by atoms with Gasteiger partial charge in [-0.25, -0.2) is 14.4 Å². The van der Waals surface area contributed by atoms with Gasteiger partial charge in [0.1, 0.15) is 6.10 Å². The molecule has 6 atom stereocenters. The number of carboxylic acids is 2. The second-order valence-corrected chi connectivity index (χ2v) is 12.4. The summed E-state index contributed by atoms with van der Waals surface area (Å²) < 4.78 is 11.2. The lowest BCUT2D eigenvalue weighted by Crippen LogP contribution is -2.48. The van der Waals surface area contributed by atoms with E-state index >= 15 is 0 Å². The van der Waals surface area contributed by atoms with Crippen LogP contribution in [0.4, 0.5) is 0 Å². The minimum Gasteiger partial charge on any atom is -0.504 e. The molecule has 1 aliphatic heterocycles. The number of rotatable bonds is 4. The summed E-state index contributed by atoms with van der Waals surface area (Å²) in [6.45, 7) is -0.923. The van der Waals surface area contributed by atoms with E-state index in [1.165, 1.54) is 6.07 Å². The monoisotopic (exact) mass is 718 g/mol. The standard InChI is InChI=1S/C36H30O16/c37-12-25(42)18-7-16(34(46)47)10-26-33(18)52-27(43)4-2-13-1-3-21(38)32(45)29(13)19-6-15(9-24(41)31(19)44)28-17-11-23(40)22(39)8-14(17)5-20(36(50)51-26)30(28)35(48)49/h1-6,8-11,18,25-26,28,30,33,37-42,44-45H,7,12H2,(H,46,47)(H,48,49)/b4-2+/t18-,25?,26-,28?,30?,33-/m1/s1. The van der Waals surface area contributed by atoms with E-state index in [4.69, 9.17) is 9.47 Å². The van der Waals surface area contributed by atoms with Gasteiger partial charge in [-0.3, -0.25) is 4.79 Å². The van der Waals surface area contributed by atoms with E-state index in [1.807, 2.05) is 0 Å². The number of aliphatic hydroxyl groups is 2. The van der Waals surface area contributed by atoms with Crippen LogP contribution in [0.5, 0.6) is 34.5 Å². The van der Waals surface area contributed by atoms with Gasteiger partial charge in [-0.1, -0.05) is 6.07 Å². The largest absolute Gasteiger partial charge is 0.504 e. The van der Waals surface area contributed by atoms with Crippen LogP contribution < -0.4 is 0 Å². The van der Waals surface area contributed by atoms with Crippen molar-refractivity contribution in [3.8, 4) is 45.6 Å². The third kappa shape index (κ3) is 6.09. The zero-order chi connectivity index (χ0) is 37.8. The number of hydrogen-bond donors (Lipinski definition) is 10. The highest BCUT2D eigenvalue weighted by Gasteiger charge is 2.47. The molecule has 3 aliphatic rings. The first kappa shape index (κ1) is 35.3. The highest BCUT2D eigenvalue weighted by molar-refractivity contribution is 6.02. The molecule has 16 heteroatoms. The summed E-state index contributed by atoms with van der Waals surface area (Å²) in [5.41, 5.74) is -1.89. The zero-order valence-electron chi connectivity index (χ0n) is 26.6. The molecule has 4 bridgehead atoms. The molecule has 1 heterocycles. The summed E-state index contributed by atoms with van der Waals surface area (Å²) in [5.74, 6) is -15.0. The molecule has 270 valence electrons. The fraction of sp³-hybridized carbons (Fsp3) is 0.222. The number of ether oxygens (including phenoxy) is 2. The van der Waals surface area contributed by atoms with E-state index in [0.29, 0.717) is 0 Å². The predicted octanol–water partition coefficient (Wildman–Crippen LogP) is 2.05. The lowest BCUT2D eigenvalue weighted by Gasteiger charge is -2.38. The number of hydrogen-bond acceptors (Lipinski definition) is 14. The van der Waals surface area contributed by atoms with Crippen LogP contribution in [0.15, 0.2) is 59.7 Å². The van der Waals surface area contributed by atoms with Crippen molar-refractivity contribution in [2.24, 2.45) is 11.8 Å². The molecule has 0 saturated carbocycles. The third-order valence-electron chi connectivity index (χ3n) is 9.34. The fourth-order valence-electron chi connectivity index (χ4n) is 6.88. The molecule has 3 aromatic carbocycles. The maximum atomic E-state index is 14.1. The molecule has 3 aromatic rings. The minimum atomic E-state index is -1.92. The van der Waals surface area contributed by atoms with Crippen LogP contribution >= 0.6 is 0 Å². The van der Waals surface area contributed by atoms with Crippen molar-refractivity contribution >= 4 is 36.0 Å². The number of esters is 2. The molecule has 0 radical (unpaired) electrons. The Labute approximate surface area is 292 Å². The summed E-state index contributed by atoms with van der Waals surface area (Å²) in [7, 11) is 0. The number of phenols is 6. The fourth-order valence-corrected chi connectivity index (χ4v) is 6.88. The van der Waals surface area contributed by atoms with Gasteiger partial charge >= 0.3 is 23.9 Å². The summed E-state index contributed by atoms with van der Waals surface area (Å²) in [5, 5.41) is 105. The van der Waals surface area contributed by atoms with Crippen LogP contribution in [-0.4, -0.2) is 99.9 Å². The Balaban J connectivity index is 1.68. The molecule has 3 unspecified atom stereocenters. The Morgan fingerprint density at radius 1 is 0.827 bits per heavy atom. The molecule has 52 heavy (non-hydrogen) atoms. The van der Waals surface area contributed by atoms with Crippen LogP contribution in [0.3, 0.4) is 0 Å². The number of aromatic hydroxyl groups is 6. The number of carboxylic acid groups (broad SMARTS) is 2. The average Bonchev–Trinajstić information content (AvgIpc) is 3.09. The molecule has 0 amide bonds. The van der Waals surface area contributed by atoms with E-state index < -0.39 is 113 Å². The molecule has 2 aliphatic carbocycles. The Morgan fingerprint density at radius 2 is 1.54 bits per heavy atom. The van der Waals surface area contributed by atoms with Gasteiger partial charge in [0.2, 0.25) is 0 Å². The maximum Gasteiger partial charge on any atom is 0.335 e. The van der Waals surface area contributed by atoms with Crippen molar-refractivity contribution in [3.05, 3.63) is 82.0 Å². The molecule has 16 nitrogen and oxygen atoms in total. The van der Waals surface area contributed by atoms with Crippen molar-refractivity contribution in [2.45, 2.75) is 30.7 Å². The number of benzene rings is 3. The number of fused-ring (bicyclic) bond motifs is 10. The molecule has 0 spiro atoms. The number of carbonyl (C=O) groups is 4. The van der Waals surface area contributed by atoms with Gasteiger partial charge in [0.25, 0.3) is 0 Å². The van der Waals surface area contributed by atoms with Crippen LogP contribution in [0.25, 0.3) is 23.3 Å². The van der Waals surface area contributed by atoms with Crippen molar-refractivity contribution in [1.82, 2.24) is 0 Å². The number of phenolic OH excluding ortho intramolecular Hbond substituents is 6. The second-order valence-electron chi connectivity index (χ2n) is 12.4. The van der Waals surface area contributed by atoms with Gasteiger partial charge in [0.05, 0.1) is 24.2 Å². The molecule has 0 aromatic heterocycles. The van der Waals surface area contributed by atoms with Gasteiger partial charge < -0.3 is 60.5 Å². The highest BCUT2D eigenvalue weighted by Crippen LogP contribution is 2.52. The quantitative estimate of drug-likeness (QED) is 0.136. The Morgan fingerprint density at radius 3 is 2.21 bits per heavy atom. The lowest BCUT2D eigenvalue weighted by molar-refractivity contribution is -0.169. The maximum absolute atomic E-state index is 14.1. The van der Waals surface area contributed by atoms with E-state index in [-0.39, 0.29) is 39.0 Å². The normalized spacial score (nSPS) is 23.7. The van der Waals surface area contributed by atoms with Crippen molar-refractivity contribution < 1.29 is 79.7 Å². The second kappa shape index (κ2) is 13.3. The van der Waals surface area contributed by atoms with E-state index in [0.717, 1.165) is 54.6 Å². The first-order valence-corrected chi connectivity index (χ1v) is 15.5. The van der Waals surface area contributed by atoms with Gasteiger partial charge in [0, 0.05) is 34.6 Å². The van der Waals surface area contributed by atoms with E-state index in [9.17, 15) is 70.2 Å². The summed E-state index contributed by atoms with van der Waals surface area (Å²) >= 11 is 0. The lowest BCUT2D eigenvalue weighted by atomic mass is 9.70. The number of aliphatic hydroxyl groups excluding tert-OH is 2. The van der Waals surface area contributed by atoms with Crippen LogP contribution in [-0.2, 0) is 28.7 Å². The smallest absolute Gasteiger partial charge is 0.335 e. The van der Waals surface area contributed by atoms with Crippen molar-refractivity contribution in [1.29, 1.82) is 0 Å². The topological polar surface area (TPSA) is 289 Å². The van der Waals surface area contributed by atoms with Crippen LogP contribution in [0, 0.1) is 11.8 Å². The molecule has 0 fully saturated rings. The number of aliphatic carboxylic acids is 2. The summed E-state index contributed by atoms with van der Waals surface area (Å²) in [6, 6.07) is 6.45. The van der Waals surface area contributed by atoms with Gasteiger partial charge in [-0.05, 0) is 77.2 Å². The first-order valence-electron chi connectivity index (χ1n) is 15.5.